The van der Waals surface area contributed by atoms with Gasteiger partial charge in [0.05, 0.1) is 0 Å². The van der Waals surface area contributed by atoms with Gasteiger partial charge in [0.1, 0.15) is 10.0 Å². The van der Waals surface area contributed by atoms with E-state index in [1.54, 1.807) is 29.3 Å². The van der Waals surface area contributed by atoms with E-state index in [1.807, 2.05) is 29.8 Å². The van der Waals surface area contributed by atoms with E-state index >= 15 is 0 Å². The predicted octanol–water partition coefficient (Wildman–Crippen LogP) is 3.65. The number of nitrogens with one attached hydrogen (secondary N) is 1. The lowest BCUT2D eigenvalue weighted by molar-refractivity contribution is 0.972. The van der Waals surface area contributed by atoms with Gasteiger partial charge in [-0.15, -0.1) is 21.5 Å². The fraction of sp³-hybridized carbons (Fsp3) is 0.231. The lowest BCUT2D eigenvalue weighted by Gasteiger charge is -2.00. The molecule has 0 aromatic carbocycles. The molecule has 0 fully saturated rings. The number of pyridine rings is 1. The number of rotatable bonds is 7. The first kappa shape index (κ1) is 14.4. The van der Waals surface area contributed by atoms with E-state index in [2.05, 4.69) is 25.5 Å². The molecule has 1 N–H and O–H groups in total. The molecule has 0 spiro atoms. The van der Waals surface area contributed by atoms with Gasteiger partial charge in [0, 0.05) is 30.1 Å². The second kappa shape index (κ2) is 7.48. The molecule has 8 heteroatoms. The highest BCUT2D eigenvalue weighted by molar-refractivity contribution is 8.00. The number of nitrogens with zero attached hydrogens (tertiary/aromatic N) is 4. The van der Waals surface area contributed by atoms with Crippen LogP contribution in [0.25, 0.3) is 10.7 Å². The SMILES string of the molecule is c1ccc(-c2nnc(NCCCSc3nccs3)s2)nc1. The zero-order valence-electron chi connectivity index (χ0n) is 11.1. The van der Waals surface area contributed by atoms with Gasteiger partial charge >= 0.3 is 0 Å². The number of aromatic nitrogens is 4. The molecule has 21 heavy (non-hydrogen) atoms. The first-order chi connectivity index (χ1) is 10.4. The van der Waals surface area contributed by atoms with Crippen LogP contribution in [0.1, 0.15) is 6.42 Å². The first-order valence-electron chi connectivity index (χ1n) is 6.43. The zero-order valence-corrected chi connectivity index (χ0v) is 13.5. The maximum absolute atomic E-state index is 4.27. The van der Waals surface area contributed by atoms with Crippen LogP contribution in [-0.2, 0) is 0 Å². The van der Waals surface area contributed by atoms with Crippen molar-refractivity contribution in [1.82, 2.24) is 20.2 Å². The number of hydrogen-bond donors (Lipinski definition) is 1. The Morgan fingerprint density at radius 2 is 2.14 bits per heavy atom. The van der Waals surface area contributed by atoms with E-state index in [4.69, 9.17) is 0 Å². The molecule has 0 unspecified atom stereocenters. The van der Waals surface area contributed by atoms with E-state index in [0.29, 0.717) is 0 Å². The van der Waals surface area contributed by atoms with Gasteiger partial charge < -0.3 is 5.32 Å². The Bertz CT molecular complexity index is 654. The van der Waals surface area contributed by atoms with Crippen molar-refractivity contribution in [2.75, 3.05) is 17.6 Å². The van der Waals surface area contributed by atoms with Gasteiger partial charge in [-0.25, -0.2) is 4.98 Å². The predicted molar refractivity (Wildman–Crippen MR) is 89.1 cm³/mol. The maximum atomic E-state index is 4.27. The molecular weight excluding hydrogens is 322 g/mol. The van der Waals surface area contributed by atoms with Crippen molar-refractivity contribution < 1.29 is 0 Å². The molecular formula is C13H13N5S3. The summed E-state index contributed by atoms with van der Waals surface area (Å²) in [6.07, 6.45) is 4.66. The summed E-state index contributed by atoms with van der Waals surface area (Å²) in [7, 11) is 0. The van der Waals surface area contributed by atoms with Crippen LogP contribution >= 0.6 is 34.4 Å². The summed E-state index contributed by atoms with van der Waals surface area (Å²) in [6, 6.07) is 5.78. The molecule has 3 aromatic rings. The Labute approximate surface area is 134 Å². The third-order valence-electron chi connectivity index (χ3n) is 2.54. The molecule has 3 heterocycles. The van der Waals surface area contributed by atoms with Crippen LogP contribution in [0.5, 0.6) is 0 Å². The number of anilines is 1. The Balaban J connectivity index is 1.43. The van der Waals surface area contributed by atoms with Crippen LogP contribution in [-0.4, -0.2) is 32.5 Å². The van der Waals surface area contributed by atoms with Crippen LogP contribution < -0.4 is 5.32 Å². The number of thioether (sulfide) groups is 1. The second-order valence-electron chi connectivity index (χ2n) is 4.05. The van der Waals surface area contributed by atoms with Gasteiger partial charge in [-0.1, -0.05) is 29.2 Å². The summed E-state index contributed by atoms with van der Waals surface area (Å²) in [6.45, 7) is 0.884. The first-order valence-corrected chi connectivity index (χ1v) is 9.11. The van der Waals surface area contributed by atoms with Crippen molar-refractivity contribution in [1.29, 1.82) is 0 Å². The minimum atomic E-state index is 0.843. The van der Waals surface area contributed by atoms with Crippen molar-refractivity contribution in [3.63, 3.8) is 0 Å². The van der Waals surface area contributed by atoms with E-state index < -0.39 is 0 Å². The Hall–Kier alpha value is -1.51. The molecule has 0 aliphatic heterocycles. The average Bonchev–Trinajstić information content (AvgIpc) is 3.19. The lowest BCUT2D eigenvalue weighted by Crippen LogP contribution is -2.01. The van der Waals surface area contributed by atoms with E-state index in [0.717, 1.165) is 38.9 Å². The fourth-order valence-electron chi connectivity index (χ4n) is 1.60. The van der Waals surface area contributed by atoms with E-state index in [1.165, 1.54) is 11.3 Å². The summed E-state index contributed by atoms with van der Waals surface area (Å²) in [4.78, 5) is 8.51. The smallest absolute Gasteiger partial charge is 0.206 e. The number of hydrogen-bond acceptors (Lipinski definition) is 8. The average molecular weight is 335 g/mol. The largest absolute Gasteiger partial charge is 0.360 e. The topological polar surface area (TPSA) is 63.6 Å². The van der Waals surface area contributed by atoms with E-state index in [-0.39, 0.29) is 0 Å². The summed E-state index contributed by atoms with van der Waals surface area (Å²) in [5, 5.41) is 15.3. The molecule has 3 rings (SSSR count). The molecule has 0 radical (unpaired) electrons. The Morgan fingerprint density at radius 3 is 2.95 bits per heavy atom. The fourth-order valence-corrected chi connectivity index (χ4v) is 3.99. The highest BCUT2D eigenvalue weighted by Crippen LogP contribution is 2.24. The summed E-state index contributed by atoms with van der Waals surface area (Å²) >= 11 is 5.00. The summed E-state index contributed by atoms with van der Waals surface area (Å²) in [5.41, 5.74) is 0.863. The molecule has 5 nitrogen and oxygen atoms in total. The molecule has 0 aliphatic carbocycles. The second-order valence-corrected chi connectivity index (χ2v) is 7.27. The molecule has 0 saturated carbocycles. The minimum absolute atomic E-state index is 0.843. The highest BCUT2D eigenvalue weighted by atomic mass is 32.2. The van der Waals surface area contributed by atoms with Gasteiger partial charge in [-0.3, -0.25) is 4.98 Å². The van der Waals surface area contributed by atoms with Crippen LogP contribution in [0, 0.1) is 0 Å². The zero-order chi connectivity index (χ0) is 14.3. The monoisotopic (exact) mass is 335 g/mol. The van der Waals surface area contributed by atoms with E-state index in [9.17, 15) is 0 Å². The third-order valence-corrected chi connectivity index (χ3v) is 5.50. The van der Waals surface area contributed by atoms with Crippen LogP contribution in [0.2, 0.25) is 0 Å². The number of thiazole rings is 1. The van der Waals surface area contributed by atoms with Gasteiger partial charge in [-0.2, -0.15) is 0 Å². The molecule has 0 atom stereocenters. The molecule has 0 amide bonds. The third kappa shape index (κ3) is 4.23. The maximum Gasteiger partial charge on any atom is 0.206 e. The minimum Gasteiger partial charge on any atom is -0.360 e. The summed E-state index contributed by atoms with van der Waals surface area (Å²) < 4.78 is 1.13. The standard InChI is InChI=1S/C13H13N5S3/c1-2-5-14-10(4-1)11-17-18-12(21-11)15-6-3-8-19-13-16-7-9-20-13/h1-2,4-5,7,9H,3,6,8H2,(H,15,18). The van der Waals surface area contributed by atoms with Crippen molar-refractivity contribution in [2.24, 2.45) is 0 Å². The Morgan fingerprint density at radius 1 is 1.14 bits per heavy atom. The molecule has 0 aliphatic rings. The van der Waals surface area contributed by atoms with Crippen LogP contribution in [0.15, 0.2) is 40.3 Å². The normalized spacial score (nSPS) is 10.7. The molecule has 3 aromatic heterocycles. The quantitative estimate of drug-likeness (QED) is 0.525. The van der Waals surface area contributed by atoms with Gasteiger partial charge in [0.2, 0.25) is 5.13 Å². The molecule has 0 bridgehead atoms. The molecule has 108 valence electrons. The van der Waals surface area contributed by atoms with Crippen LogP contribution in [0.3, 0.4) is 0 Å². The summed E-state index contributed by atoms with van der Waals surface area (Å²) in [5.74, 6) is 1.05. The lowest BCUT2D eigenvalue weighted by atomic mass is 10.4. The van der Waals surface area contributed by atoms with Crippen molar-refractivity contribution in [3.8, 4) is 10.7 Å². The van der Waals surface area contributed by atoms with Gasteiger partial charge in [0.25, 0.3) is 0 Å². The molecule has 0 saturated heterocycles. The van der Waals surface area contributed by atoms with Crippen molar-refractivity contribution in [2.45, 2.75) is 10.8 Å². The highest BCUT2D eigenvalue weighted by Gasteiger charge is 2.06. The van der Waals surface area contributed by atoms with Crippen molar-refractivity contribution in [3.05, 3.63) is 36.0 Å². The van der Waals surface area contributed by atoms with Crippen LogP contribution in [0.4, 0.5) is 5.13 Å². The van der Waals surface area contributed by atoms with Gasteiger partial charge in [-0.05, 0) is 18.6 Å². The Kier molecular flexibility index (Phi) is 5.14. The van der Waals surface area contributed by atoms with Gasteiger partial charge in [0.15, 0.2) is 5.01 Å². The van der Waals surface area contributed by atoms with Crippen molar-refractivity contribution >= 4 is 39.6 Å².